The van der Waals surface area contributed by atoms with Crippen LogP contribution in [-0.2, 0) is 16.6 Å². The van der Waals surface area contributed by atoms with Crippen LogP contribution in [0.4, 0.5) is 8.78 Å². The highest BCUT2D eigenvalue weighted by atomic mass is 32.2. The van der Waals surface area contributed by atoms with Crippen LogP contribution in [0.2, 0.25) is 0 Å². The quantitative estimate of drug-likeness (QED) is 0.865. The Balaban J connectivity index is 1.89. The van der Waals surface area contributed by atoms with E-state index in [1.807, 2.05) is 0 Å². The SMILES string of the molecule is Cc1noc(C)c1CNS(=O)(=O)C[C@@H]1C[C@H]1C(F)F. The molecule has 1 aliphatic carbocycles. The summed E-state index contributed by atoms with van der Waals surface area (Å²) in [6.07, 6.45) is -2.15. The van der Waals surface area contributed by atoms with E-state index < -0.39 is 28.3 Å². The van der Waals surface area contributed by atoms with Gasteiger partial charge >= 0.3 is 0 Å². The molecule has 1 aromatic heterocycles. The highest BCUT2D eigenvalue weighted by Crippen LogP contribution is 2.43. The summed E-state index contributed by atoms with van der Waals surface area (Å²) in [6.45, 7) is 3.49. The van der Waals surface area contributed by atoms with Crippen molar-refractivity contribution in [3.05, 3.63) is 17.0 Å². The van der Waals surface area contributed by atoms with Crippen molar-refractivity contribution in [2.24, 2.45) is 11.8 Å². The molecular formula is C11H16F2N2O3S. The summed E-state index contributed by atoms with van der Waals surface area (Å²) in [4.78, 5) is 0. The van der Waals surface area contributed by atoms with Crippen LogP contribution in [0.15, 0.2) is 4.52 Å². The van der Waals surface area contributed by atoms with Crippen LogP contribution in [0.3, 0.4) is 0 Å². The predicted molar refractivity (Wildman–Crippen MR) is 64.2 cm³/mol. The molecule has 0 bridgehead atoms. The molecule has 2 atom stereocenters. The van der Waals surface area contributed by atoms with E-state index in [0.717, 1.165) is 0 Å². The van der Waals surface area contributed by atoms with E-state index in [2.05, 4.69) is 9.88 Å². The molecule has 2 rings (SSSR count). The fourth-order valence-electron chi connectivity index (χ4n) is 2.05. The van der Waals surface area contributed by atoms with Crippen LogP contribution in [0.1, 0.15) is 23.4 Å². The van der Waals surface area contributed by atoms with Gasteiger partial charge in [0.2, 0.25) is 16.4 Å². The third-order valence-corrected chi connectivity index (χ3v) is 4.84. The van der Waals surface area contributed by atoms with Crippen molar-refractivity contribution >= 4 is 10.0 Å². The van der Waals surface area contributed by atoms with Crippen LogP contribution in [0.25, 0.3) is 0 Å². The van der Waals surface area contributed by atoms with E-state index in [9.17, 15) is 17.2 Å². The van der Waals surface area contributed by atoms with Crippen molar-refractivity contribution in [1.29, 1.82) is 0 Å². The number of alkyl halides is 2. The van der Waals surface area contributed by atoms with Gasteiger partial charge in [0.1, 0.15) is 5.76 Å². The molecule has 1 heterocycles. The second-order valence-corrected chi connectivity index (χ2v) is 6.75. The van der Waals surface area contributed by atoms with Crippen molar-refractivity contribution in [3.63, 3.8) is 0 Å². The Kier molecular flexibility index (Phi) is 3.91. The smallest absolute Gasteiger partial charge is 0.241 e. The summed E-state index contributed by atoms with van der Waals surface area (Å²) < 4.78 is 55.5. The number of rotatable bonds is 6. The monoisotopic (exact) mass is 294 g/mol. The van der Waals surface area contributed by atoms with Gasteiger partial charge in [0.15, 0.2) is 0 Å². The first kappa shape index (κ1) is 14.4. The zero-order valence-corrected chi connectivity index (χ0v) is 11.5. The molecule has 0 aliphatic heterocycles. The van der Waals surface area contributed by atoms with Gasteiger partial charge < -0.3 is 4.52 Å². The molecule has 0 amide bonds. The lowest BCUT2D eigenvalue weighted by molar-refractivity contribution is 0.117. The topological polar surface area (TPSA) is 72.2 Å². The lowest BCUT2D eigenvalue weighted by Gasteiger charge is -2.06. The summed E-state index contributed by atoms with van der Waals surface area (Å²) in [5, 5.41) is 3.72. The number of hydrogen-bond donors (Lipinski definition) is 1. The molecule has 0 unspecified atom stereocenters. The standard InChI is InChI=1S/C11H16F2N2O3S/c1-6-10(7(2)18-15-6)4-14-19(16,17)5-8-3-9(8)11(12)13/h8-9,11,14H,3-5H2,1-2H3/t8-,9+/m0/s1. The highest BCUT2D eigenvalue weighted by molar-refractivity contribution is 7.89. The van der Waals surface area contributed by atoms with Crippen molar-refractivity contribution in [2.45, 2.75) is 33.2 Å². The molecule has 0 saturated heterocycles. The lowest BCUT2D eigenvalue weighted by atomic mass is 10.2. The maximum Gasteiger partial charge on any atom is 0.241 e. The van der Waals surface area contributed by atoms with Crippen molar-refractivity contribution in [2.75, 3.05) is 5.75 Å². The van der Waals surface area contributed by atoms with Gasteiger partial charge in [-0.15, -0.1) is 0 Å². The van der Waals surface area contributed by atoms with E-state index in [1.165, 1.54) is 0 Å². The molecule has 8 heteroatoms. The number of nitrogens with one attached hydrogen (secondary N) is 1. The Labute approximate surface area is 110 Å². The van der Waals surface area contributed by atoms with Gasteiger partial charge in [0.25, 0.3) is 0 Å². The maximum absolute atomic E-state index is 12.3. The predicted octanol–water partition coefficient (Wildman–Crippen LogP) is 1.61. The van der Waals surface area contributed by atoms with E-state index >= 15 is 0 Å². The van der Waals surface area contributed by atoms with E-state index in [4.69, 9.17) is 4.52 Å². The number of halogens is 2. The van der Waals surface area contributed by atoms with Gasteiger partial charge in [0.05, 0.1) is 11.4 Å². The number of nitrogens with zero attached hydrogens (tertiary/aromatic N) is 1. The third kappa shape index (κ3) is 3.50. The van der Waals surface area contributed by atoms with E-state index in [0.29, 0.717) is 17.0 Å². The molecule has 1 fully saturated rings. The second kappa shape index (κ2) is 5.16. The van der Waals surface area contributed by atoms with Gasteiger partial charge in [-0.05, 0) is 26.2 Å². The largest absolute Gasteiger partial charge is 0.361 e. The minimum Gasteiger partial charge on any atom is -0.361 e. The van der Waals surface area contributed by atoms with Gasteiger partial charge in [-0.2, -0.15) is 0 Å². The van der Waals surface area contributed by atoms with Crippen LogP contribution < -0.4 is 4.72 Å². The molecule has 1 aromatic rings. The highest BCUT2D eigenvalue weighted by Gasteiger charge is 2.46. The van der Waals surface area contributed by atoms with Crippen LogP contribution in [0.5, 0.6) is 0 Å². The van der Waals surface area contributed by atoms with Gasteiger partial charge in [-0.1, -0.05) is 5.16 Å². The molecular weight excluding hydrogens is 278 g/mol. The third-order valence-electron chi connectivity index (χ3n) is 3.38. The molecule has 0 aromatic carbocycles. The Hall–Kier alpha value is -1.02. The number of aryl methyl sites for hydroxylation is 2. The van der Waals surface area contributed by atoms with E-state index in [1.54, 1.807) is 13.8 Å². The van der Waals surface area contributed by atoms with Crippen molar-refractivity contribution in [3.8, 4) is 0 Å². The summed E-state index contributed by atoms with van der Waals surface area (Å²) in [6, 6.07) is 0. The number of sulfonamides is 1. The first-order valence-corrected chi connectivity index (χ1v) is 7.62. The molecule has 0 radical (unpaired) electrons. The Morgan fingerprint density at radius 2 is 2.16 bits per heavy atom. The molecule has 1 saturated carbocycles. The molecule has 108 valence electrons. The van der Waals surface area contributed by atoms with Crippen molar-refractivity contribution < 1.29 is 21.7 Å². The normalized spacial score (nSPS) is 23.0. The molecule has 1 aliphatic rings. The van der Waals surface area contributed by atoms with Crippen molar-refractivity contribution in [1.82, 2.24) is 9.88 Å². The number of aromatic nitrogens is 1. The summed E-state index contributed by atoms with van der Waals surface area (Å²) >= 11 is 0. The Bertz CT molecular complexity index is 537. The minimum absolute atomic E-state index is 0.0789. The van der Waals surface area contributed by atoms with Gasteiger partial charge in [-0.25, -0.2) is 21.9 Å². The van der Waals surface area contributed by atoms with Crippen LogP contribution in [0, 0.1) is 25.7 Å². The second-order valence-electron chi connectivity index (χ2n) is 4.90. The molecule has 1 N–H and O–H groups in total. The first-order valence-electron chi connectivity index (χ1n) is 5.97. The average molecular weight is 294 g/mol. The minimum atomic E-state index is -3.55. The number of hydrogen-bond acceptors (Lipinski definition) is 4. The zero-order valence-electron chi connectivity index (χ0n) is 10.7. The van der Waals surface area contributed by atoms with Crippen LogP contribution >= 0.6 is 0 Å². The lowest BCUT2D eigenvalue weighted by Crippen LogP contribution is -2.27. The average Bonchev–Trinajstić information content (AvgIpc) is 2.97. The van der Waals surface area contributed by atoms with Gasteiger partial charge in [0, 0.05) is 18.0 Å². The molecule has 5 nitrogen and oxygen atoms in total. The Morgan fingerprint density at radius 3 is 2.63 bits per heavy atom. The van der Waals surface area contributed by atoms with E-state index in [-0.39, 0.29) is 18.7 Å². The first-order chi connectivity index (χ1) is 8.80. The zero-order chi connectivity index (χ0) is 14.2. The summed E-state index contributed by atoms with van der Waals surface area (Å²) in [7, 11) is -3.55. The fraction of sp³-hybridized carbons (Fsp3) is 0.727. The molecule has 19 heavy (non-hydrogen) atoms. The fourth-order valence-corrected chi connectivity index (χ4v) is 3.48. The van der Waals surface area contributed by atoms with Crippen LogP contribution in [-0.4, -0.2) is 25.8 Å². The summed E-state index contributed by atoms with van der Waals surface area (Å²) in [5.41, 5.74) is 1.31. The molecule has 0 spiro atoms. The Morgan fingerprint density at radius 1 is 1.47 bits per heavy atom. The summed E-state index contributed by atoms with van der Waals surface area (Å²) in [5.74, 6) is -0.888. The maximum atomic E-state index is 12.3. The van der Waals surface area contributed by atoms with Gasteiger partial charge in [-0.3, -0.25) is 0 Å².